The predicted molar refractivity (Wildman–Crippen MR) is 98.3 cm³/mol. The van der Waals surface area contributed by atoms with Gasteiger partial charge in [-0.2, -0.15) is 0 Å². The molecule has 0 aliphatic carbocycles. The molecule has 4 nitrogen and oxygen atoms in total. The minimum Gasteiger partial charge on any atom is -0.350 e. The third-order valence-electron chi connectivity index (χ3n) is 4.60. The van der Waals surface area contributed by atoms with Crippen molar-refractivity contribution in [3.8, 4) is 0 Å². The van der Waals surface area contributed by atoms with Crippen molar-refractivity contribution in [1.29, 1.82) is 0 Å². The van der Waals surface area contributed by atoms with Crippen LogP contribution >= 0.6 is 11.3 Å². The molecular weight excluding hydrogens is 318 g/mol. The average molecular weight is 343 g/mol. The summed E-state index contributed by atoms with van der Waals surface area (Å²) in [6.45, 7) is 7.17. The zero-order valence-corrected chi connectivity index (χ0v) is 15.2. The van der Waals surface area contributed by atoms with Gasteiger partial charge in [0, 0.05) is 11.4 Å². The molecule has 1 amide bonds. The van der Waals surface area contributed by atoms with Crippen molar-refractivity contribution >= 4 is 17.2 Å². The second kappa shape index (κ2) is 7.90. The molecule has 24 heavy (non-hydrogen) atoms. The minimum absolute atomic E-state index is 0.106. The van der Waals surface area contributed by atoms with Gasteiger partial charge in [-0.1, -0.05) is 37.3 Å². The first kappa shape index (κ1) is 17.1. The first-order chi connectivity index (χ1) is 11.7. The number of nitrogens with one attached hydrogen (secondary N) is 1. The van der Waals surface area contributed by atoms with Gasteiger partial charge < -0.3 is 5.32 Å². The maximum atomic E-state index is 12.2. The Bertz CT molecular complexity index is 683. The molecule has 128 valence electrons. The molecule has 5 heteroatoms. The van der Waals surface area contributed by atoms with Crippen molar-refractivity contribution in [3.63, 3.8) is 0 Å². The second-order valence-corrected chi connectivity index (χ2v) is 7.55. The number of rotatable bonds is 6. The fraction of sp³-hybridized carbons (Fsp3) is 0.474. The van der Waals surface area contributed by atoms with E-state index in [1.54, 1.807) is 11.3 Å². The Kier molecular flexibility index (Phi) is 5.63. The van der Waals surface area contributed by atoms with Crippen LogP contribution in [0.2, 0.25) is 0 Å². The van der Waals surface area contributed by atoms with Gasteiger partial charge in [0.2, 0.25) is 5.91 Å². The highest BCUT2D eigenvalue weighted by atomic mass is 32.1. The first-order valence-corrected chi connectivity index (χ1v) is 9.46. The second-order valence-electron chi connectivity index (χ2n) is 6.38. The van der Waals surface area contributed by atoms with Crippen LogP contribution in [0.5, 0.6) is 0 Å². The van der Waals surface area contributed by atoms with Gasteiger partial charge >= 0.3 is 0 Å². The van der Waals surface area contributed by atoms with Crippen LogP contribution in [-0.4, -0.2) is 35.4 Å². The van der Waals surface area contributed by atoms with Crippen molar-refractivity contribution in [2.75, 3.05) is 19.6 Å². The van der Waals surface area contributed by atoms with E-state index in [2.05, 4.69) is 52.5 Å². The highest BCUT2D eigenvalue weighted by molar-refractivity contribution is 7.11. The number of carbonyl (C=O) groups excluding carboxylic acids is 1. The van der Waals surface area contributed by atoms with E-state index in [-0.39, 0.29) is 5.91 Å². The van der Waals surface area contributed by atoms with E-state index >= 15 is 0 Å². The maximum Gasteiger partial charge on any atom is 0.234 e. The normalized spacial score (nSPS) is 18.0. The molecule has 1 aromatic carbocycles. The van der Waals surface area contributed by atoms with E-state index < -0.39 is 0 Å². The molecule has 1 aliphatic rings. The highest BCUT2D eigenvalue weighted by Crippen LogP contribution is 2.26. The quantitative estimate of drug-likeness (QED) is 0.876. The minimum atomic E-state index is 0.106. The van der Waals surface area contributed by atoms with Gasteiger partial charge in [0.05, 0.1) is 23.8 Å². The van der Waals surface area contributed by atoms with Gasteiger partial charge in [-0.3, -0.25) is 9.69 Å². The molecule has 1 N–H and O–H groups in total. The van der Waals surface area contributed by atoms with Gasteiger partial charge in [-0.15, -0.1) is 11.3 Å². The summed E-state index contributed by atoms with van der Waals surface area (Å²) in [6.07, 6.45) is 2.08. The number of benzene rings is 1. The zero-order chi connectivity index (χ0) is 16.9. The topological polar surface area (TPSA) is 45.2 Å². The summed E-state index contributed by atoms with van der Waals surface area (Å²) in [6, 6.07) is 10.6. The summed E-state index contributed by atoms with van der Waals surface area (Å²) in [5, 5.41) is 4.19. The lowest BCUT2D eigenvalue weighted by Gasteiger charge is -2.15. The van der Waals surface area contributed by atoms with Gasteiger partial charge in [0.15, 0.2) is 0 Å². The van der Waals surface area contributed by atoms with Crippen LogP contribution < -0.4 is 5.32 Å². The summed E-state index contributed by atoms with van der Waals surface area (Å²) in [5.74, 6) is 0.657. The molecular formula is C19H25N3OS. The Hall–Kier alpha value is -1.72. The Morgan fingerprint density at radius 3 is 2.88 bits per heavy atom. The molecule has 1 fully saturated rings. The molecule has 0 spiro atoms. The van der Waals surface area contributed by atoms with Gasteiger partial charge in [-0.05, 0) is 37.8 Å². The lowest BCUT2D eigenvalue weighted by atomic mass is 9.99. The molecule has 1 aromatic heterocycles. The summed E-state index contributed by atoms with van der Waals surface area (Å²) in [7, 11) is 0. The SMILES string of the molecule is CCc1nc(C)c(CNC(=O)CN2CC[C@H](c3ccccc3)C2)s1. The van der Waals surface area contributed by atoms with Crippen LogP contribution in [0.15, 0.2) is 30.3 Å². The number of hydrogen-bond donors (Lipinski definition) is 1. The van der Waals surface area contributed by atoms with Crippen molar-refractivity contribution in [1.82, 2.24) is 15.2 Å². The lowest BCUT2D eigenvalue weighted by Crippen LogP contribution is -2.35. The number of carbonyl (C=O) groups is 1. The first-order valence-electron chi connectivity index (χ1n) is 8.65. The van der Waals surface area contributed by atoms with E-state index in [1.807, 2.05) is 6.92 Å². The monoisotopic (exact) mass is 343 g/mol. The summed E-state index contributed by atoms with van der Waals surface area (Å²) < 4.78 is 0. The highest BCUT2D eigenvalue weighted by Gasteiger charge is 2.25. The summed E-state index contributed by atoms with van der Waals surface area (Å²) in [5.41, 5.74) is 2.43. The van der Waals surface area contributed by atoms with Crippen LogP contribution in [0.3, 0.4) is 0 Å². The van der Waals surface area contributed by atoms with E-state index in [4.69, 9.17) is 0 Å². The third kappa shape index (κ3) is 4.22. The Balaban J connectivity index is 1.46. The summed E-state index contributed by atoms with van der Waals surface area (Å²) in [4.78, 5) is 20.2. The largest absolute Gasteiger partial charge is 0.350 e. The molecule has 0 radical (unpaired) electrons. The number of nitrogens with zero attached hydrogens (tertiary/aromatic N) is 2. The van der Waals surface area contributed by atoms with Crippen LogP contribution in [0.25, 0.3) is 0 Å². The van der Waals surface area contributed by atoms with E-state index in [0.717, 1.165) is 36.6 Å². The number of thiazole rings is 1. The number of amides is 1. The molecule has 0 unspecified atom stereocenters. The molecule has 0 saturated carbocycles. The number of likely N-dealkylation sites (tertiary alicyclic amines) is 1. The third-order valence-corrected chi connectivity index (χ3v) is 5.90. The summed E-state index contributed by atoms with van der Waals surface area (Å²) >= 11 is 1.70. The molecule has 2 aromatic rings. The van der Waals surface area contributed by atoms with Crippen molar-refractivity contribution in [3.05, 3.63) is 51.5 Å². The smallest absolute Gasteiger partial charge is 0.234 e. The van der Waals surface area contributed by atoms with Gasteiger partial charge in [0.1, 0.15) is 0 Å². The van der Waals surface area contributed by atoms with Crippen molar-refractivity contribution in [2.45, 2.75) is 39.2 Å². The number of hydrogen-bond acceptors (Lipinski definition) is 4. The van der Waals surface area contributed by atoms with Gasteiger partial charge in [0.25, 0.3) is 0 Å². The zero-order valence-electron chi connectivity index (χ0n) is 14.4. The number of aromatic nitrogens is 1. The standard InChI is InChI=1S/C19H25N3OS/c1-3-19-21-14(2)17(24-19)11-20-18(23)13-22-10-9-16(12-22)15-7-5-4-6-8-15/h4-8,16H,3,9-13H2,1-2H3,(H,20,23)/t16-/m0/s1. The fourth-order valence-corrected chi connectivity index (χ4v) is 4.16. The molecule has 0 bridgehead atoms. The van der Waals surface area contributed by atoms with Crippen LogP contribution in [0, 0.1) is 6.92 Å². The average Bonchev–Trinajstić information content (AvgIpc) is 3.20. The molecule has 1 atom stereocenters. The fourth-order valence-electron chi connectivity index (χ4n) is 3.21. The Morgan fingerprint density at radius 1 is 1.38 bits per heavy atom. The lowest BCUT2D eigenvalue weighted by molar-refractivity contribution is -0.122. The van der Waals surface area contributed by atoms with Gasteiger partial charge in [-0.25, -0.2) is 4.98 Å². The number of aryl methyl sites for hydroxylation is 2. The molecule has 3 rings (SSSR count). The Morgan fingerprint density at radius 2 is 2.17 bits per heavy atom. The van der Waals surface area contributed by atoms with E-state index in [0.29, 0.717) is 19.0 Å². The van der Waals surface area contributed by atoms with E-state index in [1.165, 1.54) is 10.4 Å². The van der Waals surface area contributed by atoms with Crippen LogP contribution in [0.4, 0.5) is 0 Å². The van der Waals surface area contributed by atoms with Crippen molar-refractivity contribution in [2.24, 2.45) is 0 Å². The maximum absolute atomic E-state index is 12.2. The molecule has 1 aliphatic heterocycles. The van der Waals surface area contributed by atoms with Crippen LogP contribution in [-0.2, 0) is 17.8 Å². The van der Waals surface area contributed by atoms with Crippen molar-refractivity contribution < 1.29 is 4.79 Å². The Labute approximate surface area is 147 Å². The predicted octanol–water partition coefficient (Wildman–Crippen LogP) is 3.12. The van der Waals surface area contributed by atoms with Crippen LogP contribution in [0.1, 0.15) is 40.4 Å². The molecule has 1 saturated heterocycles. The van der Waals surface area contributed by atoms with E-state index in [9.17, 15) is 4.79 Å². The molecule has 2 heterocycles.